The molecule has 198 valence electrons. The molecule has 0 unspecified atom stereocenters. The second-order valence-corrected chi connectivity index (χ2v) is 8.57. The number of aromatic amines is 1. The van der Waals surface area contributed by atoms with E-state index in [0.717, 1.165) is 0 Å². The van der Waals surface area contributed by atoms with Gasteiger partial charge in [-0.15, -0.1) is 0 Å². The van der Waals surface area contributed by atoms with Crippen LogP contribution in [0.15, 0.2) is 39.8 Å². The van der Waals surface area contributed by atoms with Crippen LogP contribution in [-0.4, -0.2) is 51.0 Å². The number of esters is 1. The number of nitrogens with one attached hydrogen (secondary N) is 2. The van der Waals surface area contributed by atoms with Crippen molar-refractivity contribution in [1.82, 2.24) is 25.0 Å². The van der Waals surface area contributed by atoms with Gasteiger partial charge in [0.15, 0.2) is 12.4 Å². The third kappa shape index (κ3) is 4.37. The molecule has 4 heterocycles. The molecule has 0 radical (unpaired) electrons. The van der Waals surface area contributed by atoms with E-state index in [2.05, 4.69) is 25.2 Å². The van der Waals surface area contributed by atoms with Crippen LogP contribution in [-0.2, 0) is 20.9 Å². The molecular weight excluding hydrogens is 511 g/mol. The fourth-order valence-corrected chi connectivity index (χ4v) is 4.46. The summed E-state index contributed by atoms with van der Waals surface area (Å²) < 4.78 is 54.1. The number of ether oxygens (including phenoxy) is 2. The third-order valence-corrected chi connectivity index (χ3v) is 6.10. The Bertz CT molecular complexity index is 1590. The summed E-state index contributed by atoms with van der Waals surface area (Å²) in [5.74, 6) is -2.54. The first-order valence-corrected chi connectivity index (χ1v) is 11.3. The van der Waals surface area contributed by atoms with Gasteiger partial charge in [0.1, 0.15) is 23.9 Å². The highest BCUT2D eigenvalue weighted by Crippen LogP contribution is 2.44. The monoisotopic (exact) mass is 531 g/mol. The number of hydrogen-bond donors (Lipinski definition) is 2. The number of nitrogens with zero attached hydrogens (tertiary/aromatic N) is 3. The molecule has 2 N–H and O–H groups in total. The zero-order valence-corrected chi connectivity index (χ0v) is 20.0. The average Bonchev–Trinajstić information content (AvgIpc) is 3.41. The third-order valence-electron chi connectivity index (χ3n) is 6.10. The number of rotatable bonds is 6. The van der Waals surface area contributed by atoms with Crippen LogP contribution in [0, 0.1) is 13.8 Å². The molecule has 3 aromatic heterocycles. The minimum atomic E-state index is -5.22. The number of benzene rings is 1. The Kier molecular flexibility index (Phi) is 6.17. The number of carbonyl (C=O) groups is 2. The first-order chi connectivity index (χ1) is 18.1. The van der Waals surface area contributed by atoms with Gasteiger partial charge in [-0.3, -0.25) is 14.3 Å². The second-order valence-electron chi connectivity index (χ2n) is 8.57. The summed E-state index contributed by atoms with van der Waals surface area (Å²) in [4.78, 5) is 43.4. The van der Waals surface area contributed by atoms with E-state index in [9.17, 15) is 27.6 Å². The molecule has 5 rings (SSSR count). The van der Waals surface area contributed by atoms with E-state index in [1.807, 2.05) is 0 Å². The summed E-state index contributed by atoms with van der Waals surface area (Å²) in [5.41, 5.74) is 3.10. The van der Waals surface area contributed by atoms with Crippen molar-refractivity contribution in [3.8, 4) is 16.9 Å². The van der Waals surface area contributed by atoms with Gasteiger partial charge >= 0.3 is 17.8 Å². The van der Waals surface area contributed by atoms with Gasteiger partial charge in [-0.25, -0.2) is 9.59 Å². The standard InChI is InChI=1S/C24H20F3N5O6/c1-11-18(12(2)38-31-11)14-7-13(8-29-17(33)10-37-22(34)24(25,26)27)19-20-21(14)36-9-16(32(20)23(35)30-19)15-5-3-4-6-28-15/h3-7,16H,8-10H2,1-2H3,(H,29,33)(H,30,35)/t16-/m1/s1. The number of H-pyrrole nitrogens is 1. The average molecular weight is 531 g/mol. The van der Waals surface area contributed by atoms with Crippen LogP contribution in [0.25, 0.3) is 22.2 Å². The lowest BCUT2D eigenvalue weighted by molar-refractivity contribution is -0.200. The van der Waals surface area contributed by atoms with E-state index in [-0.39, 0.29) is 13.2 Å². The van der Waals surface area contributed by atoms with Crippen molar-refractivity contribution >= 4 is 22.9 Å². The molecule has 0 saturated carbocycles. The molecule has 0 bridgehead atoms. The molecule has 0 saturated heterocycles. The molecule has 14 heteroatoms. The molecule has 11 nitrogen and oxygen atoms in total. The number of imidazole rings is 1. The summed E-state index contributed by atoms with van der Waals surface area (Å²) in [6.45, 7) is 2.24. The van der Waals surface area contributed by atoms with Crippen molar-refractivity contribution in [3.05, 3.63) is 63.7 Å². The van der Waals surface area contributed by atoms with Crippen LogP contribution in [0.3, 0.4) is 0 Å². The van der Waals surface area contributed by atoms with Crippen LogP contribution < -0.4 is 15.7 Å². The first-order valence-electron chi connectivity index (χ1n) is 11.3. The fourth-order valence-electron chi connectivity index (χ4n) is 4.46. The maximum absolute atomic E-state index is 13.2. The number of hydrogen-bond acceptors (Lipinski definition) is 8. The highest BCUT2D eigenvalue weighted by atomic mass is 19.4. The zero-order valence-electron chi connectivity index (χ0n) is 20.0. The van der Waals surface area contributed by atoms with Crippen LogP contribution in [0.5, 0.6) is 5.75 Å². The number of alkyl halides is 3. The van der Waals surface area contributed by atoms with Crippen LogP contribution in [0.2, 0.25) is 0 Å². The van der Waals surface area contributed by atoms with Crippen molar-refractivity contribution in [3.63, 3.8) is 0 Å². The van der Waals surface area contributed by atoms with E-state index in [0.29, 0.717) is 50.6 Å². The smallest absolute Gasteiger partial charge is 0.488 e. The Morgan fingerprint density at radius 1 is 1.29 bits per heavy atom. The van der Waals surface area contributed by atoms with E-state index in [1.54, 1.807) is 44.3 Å². The van der Waals surface area contributed by atoms with Crippen molar-refractivity contribution < 1.29 is 36.8 Å². The lowest BCUT2D eigenvalue weighted by Crippen LogP contribution is -2.32. The number of aryl methyl sites for hydroxylation is 2. The summed E-state index contributed by atoms with van der Waals surface area (Å²) in [6.07, 6.45) is -3.61. The molecule has 38 heavy (non-hydrogen) atoms. The summed E-state index contributed by atoms with van der Waals surface area (Å²) in [6, 6.07) is 6.44. The largest absolute Gasteiger partial charge is 0.490 e. The fraction of sp³-hybridized carbons (Fsp3) is 0.292. The lowest BCUT2D eigenvalue weighted by Gasteiger charge is -2.27. The van der Waals surface area contributed by atoms with Crippen molar-refractivity contribution in [2.75, 3.05) is 13.2 Å². The van der Waals surface area contributed by atoms with Crippen LogP contribution >= 0.6 is 0 Å². The van der Waals surface area contributed by atoms with E-state index in [4.69, 9.17) is 9.26 Å². The summed E-state index contributed by atoms with van der Waals surface area (Å²) >= 11 is 0. The minimum absolute atomic E-state index is 0.119. The highest BCUT2D eigenvalue weighted by molar-refractivity contribution is 5.95. The van der Waals surface area contributed by atoms with Gasteiger partial charge in [0.25, 0.3) is 5.91 Å². The molecule has 1 amide bonds. The Morgan fingerprint density at radius 3 is 2.74 bits per heavy atom. The van der Waals surface area contributed by atoms with Gasteiger partial charge < -0.3 is 24.3 Å². The molecule has 1 atom stereocenters. The topological polar surface area (TPSA) is 141 Å². The van der Waals surface area contributed by atoms with Gasteiger partial charge in [-0.2, -0.15) is 13.2 Å². The number of halogens is 3. The quantitative estimate of drug-likeness (QED) is 0.362. The van der Waals surface area contributed by atoms with Gasteiger partial charge in [0.05, 0.1) is 22.5 Å². The van der Waals surface area contributed by atoms with Gasteiger partial charge in [0.2, 0.25) is 0 Å². The van der Waals surface area contributed by atoms with Crippen LogP contribution in [0.4, 0.5) is 13.2 Å². The Balaban J connectivity index is 1.57. The Hall–Kier alpha value is -4.62. The molecule has 1 aliphatic rings. The van der Waals surface area contributed by atoms with E-state index < -0.39 is 36.4 Å². The van der Waals surface area contributed by atoms with E-state index >= 15 is 0 Å². The zero-order chi connectivity index (χ0) is 27.2. The number of pyridine rings is 1. The SMILES string of the molecule is Cc1noc(C)c1-c1cc(CNC(=O)COC(=O)C(F)(F)F)c2[nH]c(=O)n3c2c1OC[C@@H]3c1ccccn1. The van der Waals surface area contributed by atoms with Crippen molar-refractivity contribution in [2.45, 2.75) is 32.6 Å². The number of carbonyl (C=O) groups excluding carboxylic acids is 2. The molecule has 1 aromatic carbocycles. The van der Waals surface area contributed by atoms with Gasteiger partial charge in [-0.05, 0) is 37.6 Å². The normalized spacial score (nSPS) is 14.8. The minimum Gasteiger partial charge on any atom is -0.488 e. The predicted molar refractivity (Wildman–Crippen MR) is 124 cm³/mol. The molecular formula is C24H20F3N5O6. The van der Waals surface area contributed by atoms with Gasteiger partial charge in [-0.1, -0.05) is 11.2 Å². The first kappa shape index (κ1) is 25.0. The summed E-state index contributed by atoms with van der Waals surface area (Å²) in [5, 5.41) is 6.41. The van der Waals surface area contributed by atoms with Gasteiger partial charge in [0, 0.05) is 18.3 Å². The molecule has 1 aliphatic heterocycles. The second kappa shape index (κ2) is 9.36. The van der Waals surface area contributed by atoms with Crippen LogP contribution in [0.1, 0.15) is 28.8 Å². The molecule has 0 spiro atoms. The van der Waals surface area contributed by atoms with Crippen molar-refractivity contribution in [2.24, 2.45) is 0 Å². The summed E-state index contributed by atoms with van der Waals surface area (Å²) in [7, 11) is 0. The molecule has 0 aliphatic carbocycles. The Morgan fingerprint density at radius 2 is 2.08 bits per heavy atom. The van der Waals surface area contributed by atoms with Crippen molar-refractivity contribution in [1.29, 1.82) is 0 Å². The van der Waals surface area contributed by atoms with E-state index in [1.165, 1.54) is 4.57 Å². The molecule has 0 fully saturated rings. The maximum atomic E-state index is 13.2. The number of aromatic nitrogens is 4. The maximum Gasteiger partial charge on any atom is 0.490 e. The molecule has 4 aromatic rings. The predicted octanol–water partition coefficient (Wildman–Crippen LogP) is 2.70. The Labute approximate surface area is 211 Å². The lowest BCUT2D eigenvalue weighted by atomic mass is 9.97. The highest BCUT2D eigenvalue weighted by Gasteiger charge is 2.41. The number of amides is 1.